The van der Waals surface area contributed by atoms with Crippen LogP contribution in [-0.2, 0) is 6.42 Å². The van der Waals surface area contributed by atoms with Crippen LogP contribution in [0.3, 0.4) is 0 Å². The van der Waals surface area contributed by atoms with Crippen molar-refractivity contribution < 1.29 is 0 Å². The first-order valence-electron chi connectivity index (χ1n) is 6.24. The predicted octanol–water partition coefficient (Wildman–Crippen LogP) is 3.75. The quantitative estimate of drug-likeness (QED) is 0.690. The molecular weight excluding hydrogens is 232 g/mol. The Hall–Kier alpha value is -2.48. The van der Waals surface area contributed by atoms with E-state index in [-0.39, 0.29) is 0 Å². The first-order chi connectivity index (χ1) is 9.45. The van der Waals surface area contributed by atoms with Crippen molar-refractivity contribution in [1.29, 1.82) is 0 Å². The van der Waals surface area contributed by atoms with Crippen molar-refractivity contribution in [2.24, 2.45) is 0 Å². The van der Waals surface area contributed by atoms with E-state index >= 15 is 0 Å². The SMILES string of the molecule is c1ccc(Cc2ccccn2)cc1.c1ccncc1. The van der Waals surface area contributed by atoms with Crippen LogP contribution in [0, 0.1) is 0 Å². The maximum atomic E-state index is 4.27. The Morgan fingerprint density at radius 2 is 1.26 bits per heavy atom. The molecule has 2 heteroatoms. The maximum absolute atomic E-state index is 4.27. The fourth-order valence-electron chi connectivity index (χ4n) is 1.62. The van der Waals surface area contributed by atoms with Crippen molar-refractivity contribution >= 4 is 0 Å². The van der Waals surface area contributed by atoms with Gasteiger partial charge in [-0.25, -0.2) is 0 Å². The van der Waals surface area contributed by atoms with Crippen molar-refractivity contribution in [2.45, 2.75) is 6.42 Å². The van der Waals surface area contributed by atoms with Crippen LogP contribution in [-0.4, -0.2) is 9.97 Å². The van der Waals surface area contributed by atoms with Gasteiger partial charge in [0.1, 0.15) is 0 Å². The molecular formula is C17H16N2. The highest BCUT2D eigenvalue weighted by Crippen LogP contribution is 2.05. The lowest BCUT2D eigenvalue weighted by atomic mass is 10.1. The van der Waals surface area contributed by atoms with Crippen LogP contribution in [0.15, 0.2) is 85.3 Å². The molecule has 1 aromatic carbocycles. The molecule has 0 aliphatic carbocycles. The summed E-state index contributed by atoms with van der Waals surface area (Å²) >= 11 is 0. The number of aromatic nitrogens is 2. The molecule has 0 aliphatic heterocycles. The molecule has 0 unspecified atom stereocenters. The van der Waals surface area contributed by atoms with Crippen LogP contribution in [0.1, 0.15) is 11.3 Å². The Morgan fingerprint density at radius 3 is 1.79 bits per heavy atom. The largest absolute Gasteiger partial charge is 0.265 e. The molecule has 0 saturated carbocycles. The van der Waals surface area contributed by atoms with Crippen LogP contribution >= 0.6 is 0 Å². The Labute approximate surface area is 113 Å². The number of pyridine rings is 2. The van der Waals surface area contributed by atoms with Crippen molar-refractivity contribution in [2.75, 3.05) is 0 Å². The topological polar surface area (TPSA) is 25.8 Å². The third-order valence-corrected chi connectivity index (χ3v) is 2.52. The van der Waals surface area contributed by atoms with Crippen LogP contribution in [0.5, 0.6) is 0 Å². The highest BCUT2D eigenvalue weighted by Gasteiger charge is 1.94. The van der Waals surface area contributed by atoms with Crippen molar-refractivity contribution in [3.05, 3.63) is 96.6 Å². The van der Waals surface area contributed by atoms with Crippen molar-refractivity contribution in [1.82, 2.24) is 9.97 Å². The van der Waals surface area contributed by atoms with Gasteiger partial charge in [0.05, 0.1) is 0 Å². The number of rotatable bonds is 2. The van der Waals surface area contributed by atoms with Gasteiger partial charge in [-0.1, -0.05) is 42.5 Å². The van der Waals surface area contributed by atoms with E-state index in [1.807, 2.05) is 48.7 Å². The summed E-state index contributed by atoms with van der Waals surface area (Å²) in [6.07, 6.45) is 6.25. The average molecular weight is 248 g/mol. The molecule has 0 amide bonds. The van der Waals surface area contributed by atoms with Crippen molar-refractivity contribution in [3.8, 4) is 0 Å². The van der Waals surface area contributed by atoms with Gasteiger partial charge in [0, 0.05) is 30.7 Å². The third-order valence-electron chi connectivity index (χ3n) is 2.52. The lowest BCUT2D eigenvalue weighted by molar-refractivity contribution is 1.07. The van der Waals surface area contributed by atoms with Crippen LogP contribution < -0.4 is 0 Å². The Morgan fingerprint density at radius 1 is 0.632 bits per heavy atom. The summed E-state index contributed by atoms with van der Waals surface area (Å²) in [5, 5.41) is 0. The minimum absolute atomic E-state index is 0.918. The van der Waals surface area contributed by atoms with Gasteiger partial charge in [-0.05, 0) is 29.8 Å². The molecule has 2 heterocycles. The minimum atomic E-state index is 0.918. The Kier molecular flexibility index (Phi) is 5.30. The molecule has 19 heavy (non-hydrogen) atoms. The van der Waals surface area contributed by atoms with Gasteiger partial charge >= 0.3 is 0 Å². The van der Waals surface area contributed by atoms with Crippen molar-refractivity contribution in [3.63, 3.8) is 0 Å². The van der Waals surface area contributed by atoms with Gasteiger partial charge in [-0.3, -0.25) is 9.97 Å². The summed E-state index contributed by atoms with van der Waals surface area (Å²) in [6, 6.07) is 22.1. The molecule has 0 bridgehead atoms. The molecule has 2 nitrogen and oxygen atoms in total. The highest BCUT2D eigenvalue weighted by molar-refractivity contribution is 5.21. The van der Waals surface area contributed by atoms with Gasteiger partial charge in [-0.15, -0.1) is 0 Å². The zero-order valence-corrected chi connectivity index (χ0v) is 10.7. The molecule has 0 atom stereocenters. The van der Waals surface area contributed by atoms with Gasteiger partial charge in [0.25, 0.3) is 0 Å². The molecule has 3 aromatic rings. The zero-order chi connectivity index (χ0) is 13.2. The molecule has 0 aliphatic rings. The monoisotopic (exact) mass is 248 g/mol. The third kappa shape index (κ3) is 5.13. The summed E-state index contributed by atoms with van der Waals surface area (Å²) < 4.78 is 0. The van der Waals surface area contributed by atoms with E-state index in [0.29, 0.717) is 0 Å². The fraction of sp³-hybridized carbons (Fsp3) is 0.0588. The van der Waals surface area contributed by atoms with Crippen LogP contribution in [0.25, 0.3) is 0 Å². The van der Waals surface area contributed by atoms with Crippen LogP contribution in [0.2, 0.25) is 0 Å². The smallest absolute Gasteiger partial charge is 0.0447 e. The average Bonchev–Trinajstić information content (AvgIpc) is 2.52. The van der Waals surface area contributed by atoms with Gasteiger partial charge < -0.3 is 0 Å². The van der Waals surface area contributed by atoms with Gasteiger partial charge in [0.15, 0.2) is 0 Å². The lowest BCUT2D eigenvalue weighted by Gasteiger charge is -1.99. The first kappa shape index (κ1) is 13.0. The summed E-state index contributed by atoms with van der Waals surface area (Å²) in [6.45, 7) is 0. The summed E-state index contributed by atoms with van der Waals surface area (Å²) in [7, 11) is 0. The number of hydrogen-bond acceptors (Lipinski definition) is 2. The number of hydrogen-bond donors (Lipinski definition) is 0. The number of benzene rings is 1. The predicted molar refractivity (Wildman–Crippen MR) is 77.7 cm³/mol. The van der Waals surface area contributed by atoms with E-state index in [0.717, 1.165) is 12.1 Å². The molecule has 94 valence electrons. The van der Waals surface area contributed by atoms with E-state index in [1.54, 1.807) is 12.4 Å². The Balaban J connectivity index is 0.000000186. The Bertz CT molecular complexity index is 486. The second-order valence-corrected chi connectivity index (χ2v) is 4.01. The second kappa shape index (κ2) is 7.77. The molecule has 0 spiro atoms. The van der Waals surface area contributed by atoms with Crippen LogP contribution in [0.4, 0.5) is 0 Å². The lowest BCUT2D eigenvalue weighted by Crippen LogP contribution is -1.89. The maximum Gasteiger partial charge on any atom is 0.0447 e. The van der Waals surface area contributed by atoms with E-state index < -0.39 is 0 Å². The summed E-state index contributed by atoms with van der Waals surface area (Å²) in [5.41, 5.74) is 2.43. The summed E-state index contributed by atoms with van der Waals surface area (Å²) in [4.78, 5) is 8.06. The number of nitrogens with zero attached hydrogens (tertiary/aromatic N) is 2. The zero-order valence-electron chi connectivity index (χ0n) is 10.7. The van der Waals surface area contributed by atoms with Gasteiger partial charge in [0.2, 0.25) is 0 Å². The van der Waals surface area contributed by atoms with E-state index in [4.69, 9.17) is 0 Å². The molecule has 3 rings (SSSR count). The molecule has 0 saturated heterocycles. The fourth-order valence-corrected chi connectivity index (χ4v) is 1.62. The highest BCUT2D eigenvalue weighted by atomic mass is 14.7. The minimum Gasteiger partial charge on any atom is -0.265 e. The molecule has 2 aromatic heterocycles. The normalized spacial score (nSPS) is 9.26. The molecule has 0 fully saturated rings. The summed E-state index contributed by atoms with van der Waals surface area (Å²) in [5.74, 6) is 0. The molecule has 0 N–H and O–H groups in total. The second-order valence-electron chi connectivity index (χ2n) is 4.01. The standard InChI is InChI=1S/C12H11N.C5H5N/c1-2-6-11(7-3-1)10-12-8-4-5-9-13-12;1-2-4-6-5-3-1/h1-9H,10H2;1-5H. The van der Waals surface area contributed by atoms with Gasteiger partial charge in [-0.2, -0.15) is 0 Å². The van der Waals surface area contributed by atoms with E-state index in [1.165, 1.54) is 5.56 Å². The van der Waals surface area contributed by atoms with E-state index in [2.05, 4.69) is 34.2 Å². The molecule has 0 radical (unpaired) electrons. The first-order valence-corrected chi connectivity index (χ1v) is 6.24. The van der Waals surface area contributed by atoms with E-state index in [9.17, 15) is 0 Å².